The molecule has 3 aliphatic rings. The summed E-state index contributed by atoms with van der Waals surface area (Å²) in [5, 5.41) is 13.4. The van der Waals surface area contributed by atoms with Gasteiger partial charge in [0.05, 0.1) is 0 Å². The zero-order chi connectivity index (χ0) is 25.5. The van der Waals surface area contributed by atoms with Crippen molar-refractivity contribution < 1.29 is 9.90 Å². The molecule has 3 aliphatic carbocycles. The van der Waals surface area contributed by atoms with E-state index in [4.69, 9.17) is 9.97 Å². The van der Waals surface area contributed by atoms with Gasteiger partial charge in [-0.2, -0.15) is 0 Å². The molecular weight excluding hydrogens is 464 g/mol. The topological polar surface area (TPSA) is 106 Å². The van der Waals surface area contributed by atoms with Gasteiger partial charge in [-0.1, -0.05) is 32.6 Å². The Morgan fingerprint density at radius 1 is 1.08 bits per heavy atom. The van der Waals surface area contributed by atoms with Crippen LogP contribution in [0.3, 0.4) is 0 Å². The number of hydrogen-bond donors (Lipinski definition) is 2. The molecule has 8 heteroatoms. The Labute approximate surface area is 218 Å². The second kappa shape index (κ2) is 10.0. The van der Waals surface area contributed by atoms with Gasteiger partial charge < -0.3 is 15.0 Å². The molecule has 3 heterocycles. The Morgan fingerprint density at radius 2 is 1.84 bits per heavy atom. The normalized spacial score (nSPS) is 23.4. The SMILES string of the molecule is CC1CCC(Cn2c(-c3cc(C4CCC4)ccn3)nc3nc(C(=O)O)nc(NC(C)C4CCC4)c32)CC1. The highest BCUT2D eigenvalue weighted by atomic mass is 16.4. The highest BCUT2D eigenvalue weighted by molar-refractivity contribution is 5.92. The van der Waals surface area contributed by atoms with Crippen molar-refractivity contribution >= 4 is 23.0 Å². The Hall–Kier alpha value is -3.03. The summed E-state index contributed by atoms with van der Waals surface area (Å²) in [5.41, 5.74) is 3.39. The van der Waals surface area contributed by atoms with E-state index in [-0.39, 0.29) is 11.9 Å². The van der Waals surface area contributed by atoms with Gasteiger partial charge in [0.1, 0.15) is 11.2 Å². The number of aromatic nitrogens is 5. The second-order valence-electron chi connectivity index (χ2n) is 11.8. The molecule has 3 aromatic rings. The van der Waals surface area contributed by atoms with E-state index in [1.807, 2.05) is 6.20 Å². The van der Waals surface area contributed by atoms with Crippen LogP contribution in [0.15, 0.2) is 18.3 Å². The zero-order valence-electron chi connectivity index (χ0n) is 22.0. The molecule has 0 saturated heterocycles. The molecule has 3 saturated carbocycles. The van der Waals surface area contributed by atoms with Gasteiger partial charge in [-0.25, -0.2) is 19.7 Å². The lowest BCUT2D eigenvalue weighted by molar-refractivity contribution is 0.0684. The van der Waals surface area contributed by atoms with Crippen LogP contribution in [-0.4, -0.2) is 41.6 Å². The average molecular weight is 503 g/mol. The van der Waals surface area contributed by atoms with Crippen LogP contribution >= 0.6 is 0 Å². The Kier molecular flexibility index (Phi) is 6.59. The molecule has 3 fully saturated rings. The van der Waals surface area contributed by atoms with Crippen LogP contribution in [0, 0.1) is 17.8 Å². The minimum absolute atomic E-state index is 0.205. The standard InChI is InChI=1S/C29H38N6O2/c1-17-9-11-19(12-10-17)16-35-24-25(31-18(2)20-5-3-6-20)32-27(29(36)37)33-26(24)34-28(35)23-15-22(13-14-30-23)21-7-4-8-21/h13-15,17-21H,3-12,16H2,1-2H3,(H,36,37)(H,31,32,33). The van der Waals surface area contributed by atoms with E-state index in [1.54, 1.807) is 0 Å². The number of hydrogen-bond acceptors (Lipinski definition) is 6. The molecule has 37 heavy (non-hydrogen) atoms. The number of carboxylic acid groups (broad SMARTS) is 1. The van der Waals surface area contributed by atoms with Crippen molar-refractivity contribution in [2.45, 2.75) is 96.6 Å². The molecule has 2 N–H and O–H groups in total. The Balaban J connectivity index is 1.47. The molecule has 0 radical (unpaired) electrons. The monoisotopic (exact) mass is 502 g/mol. The molecule has 1 atom stereocenters. The van der Waals surface area contributed by atoms with Gasteiger partial charge in [-0.15, -0.1) is 0 Å². The molecular formula is C29H38N6O2. The summed E-state index contributed by atoms with van der Waals surface area (Å²) < 4.78 is 2.24. The maximum atomic E-state index is 12.0. The highest BCUT2D eigenvalue weighted by Gasteiger charge is 2.29. The maximum absolute atomic E-state index is 12.0. The summed E-state index contributed by atoms with van der Waals surface area (Å²) in [6.45, 7) is 5.33. The summed E-state index contributed by atoms with van der Waals surface area (Å²) >= 11 is 0. The van der Waals surface area contributed by atoms with Crippen LogP contribution in [0.25, 0.3) is 22.7 Å². The first kappa shape index (κ1) is 24.3. The van der Waals surface area contributed by atoms with Crippen molar-refractivity contribution in [2.75, 3.05) is 5.32 Å². The van der Waals surface area contributed by atoms with Crippen molar-refractivity contribution in [3.63, 3.8) is 0 Å². The van der Waals surface area contributed by atoms with E-state index >= 15 is 0 Å². The first-order valence-electron chi connectivity index (χ1n) is 14.2. The molecule has 0 amide bonds. The van der Waals surface area contributed by atoms with Crippen molar-refractivity contribution in [1.29, 1.82) is 0 Å². The van der Waals surface area contributed by atoms with E-state index in [1.165, 1.54) is 69.8 Å². The minimum atomic E-state index is -1.14. The smallest absolute Gasteiger partial charge is 0.374 e. The van der Waals surface area contributed by atoms with Crippen LogP contribution in [0.1, 0.15) is 100 Å². The second-order valence-corrected chi connectivity index (χ2v) is 11.8. The third-order valence-electron chi connectivity index (χ3n) is 9.18. The number of nitrogens with zero attached hydrogens (tertiary/aromatic N) is 5. The van der Waals surface area contributed by atoms with Gasteiger partial charge in [0, 0.05) is 18.8 Å². The number of pyridine rings is 1. The van der Waals surface area contributed by atoms with Gasteiger partial charge in [0.25, 0.3) is 0 Å². The Morgan fingerprint density at radius 3 is 2.49 bits per heavy atom. The van der Waals surface area contributed by atoms with Crippen molar-refractivity contribution in [1.82, 2.24) is 24.5 Å². The van der Waals surface area contributed by atoms with E-state index < -0.39 is 5.97 Å². The predicted octanol–water partition coefficient (Wildman–Crippen LogP) is 6.28. The van der Waals surface area contributed by atoms with Crippen LogP contribution in [0.2, 0.25) is 0 Å². The average Bonchev–Trinajstić information content (AvgIpc) is 3.17. The van der Waals surface area contributed by atoms with E-state index in [0.717, 1.165) is 29.5 Å². The maximum Gasteiger partial charge on any atom is 0.374 e. The molecule has 0 spiro atoms. The molecule has 6 rings (SSSR count). The predicted molar refractivity (Wildman–Crippen MR) is 144 cm³/mol. The summed E-state index contributed by atoms with van der Waals surface area (Å²) in [4.78, 5) is 30.6. The number of nitrogens with one attached hydrogen (secondary N) is 1. The first-order chi connectivity index (χ1) is 18.0. The number of fused-ring (bicyclic) bond motifs is 1. The van der Waals surface area contributed by atoms with Crippen LogP contribution < -0.4 is 5.32 Å². The number of rotatable bonds is 8. The lowest BCUT2D eigenvalue weighted by Crippen LogP contribution is -2.31. The molecule has 0 aromatic carbocycles. The van der Waals surface area contributed by atoms with Crippen LogP contribution in [0.4, 0.5) is 5.82 Å². The fourth-order valence-corrected chi connectivity index (χ4v) is 6.21. The number of carbonyl (C=O) groups is 1. The lowest BCUT2D eigenvalue weighted by Gasteiger charge is -2.32. The number of carboxylic acids is 1. The van der Waals surface area contributed by atoms with Crippen molar-refractivity contribution in [3.05, 3.63) is 29.7 Å². The zero-order valence-corrected chi connectivity index (χ0v) is 22.0. The van der Waals surface area contributed by atoms with Crippen LogP contribution in [0.5, 0.6) is 0 Å². The number of imidazole rings is 1. The highest BCUT2D eigenvalue weighted by Crippen LogP contribution is 2.39. The number of aromatic carboxylic acids is 1. The van der Waals surface area contributed by atoms with Crippen LogP contribution in [-0.2, 0) is 6.54 Å². The summed E-state index contributed by atoms with van der Waals surface area (Å²) in [6, 6.07) is 4.51. The molecule has 196 valence electrons. The van der Waals surface area contributed by atoms with Gasteiger partial charge in [0.2, 0.25) is 5.82 Å². The molecule has 0 bridgehead atoms. The van der Waals surface area contributed by atoms with Crippen molar-refractivity contribution in [3.8, 4) is 11.5 Å². The molecule has 3 aromatic heterocycles. The van der Waals surface area contributed by atoms with E-state index in [2.05, 4.69) is 45.8 Å². The third-order valence-corrected chi connectivity index (χ3v) is 9.18. The Bertz CT molecular complexity index is 1290. The summed E-state index contributed by atoms with van der Waals surface area (Å²) in [7, 11) is 0. The van der Waals surface area contributed by atoms with Crippen molar-refractivity contribution in [2.24, 2.45) is 17.8 Å². The third kappa shape index (κ3) is 4.82. The minimum Gasteiger partial charge on any atom is -0.475 e. The van der Waals surface area contributed by atoms with Gasteiger partial charge >= 0.3 is 5.97 Å². The fourth-order valence-electron chi connectivity index (χ4n) is 6.21. The largest absolute Gasteiger partial charge is 0.475 e. The van der Waals surface area contributed by atoms with E-state index in [9.17, 15) is 9.90 Å². The van der Waals surface area contributed by atoms with Gasteiger partial charge in [-0.05, 0) is 86.8 Å². The molecule has 0 aliphatic heterocycles. The fraction of sp³-hybridized carbons (Fsp3) is 0.621. The van der Waals surface area contributed by atoms with Gasteiger partial charge in [-0.3, -0.25) is 4.98 Å². The summed E-state index contributed by atoms with van der Waals surface area (Å²) in [6.07, 6.45) is 14.1. The quantitative estimate of drug-likeness (QED) is 0.373. The molecule has 1 unspecified atom stereocenters. The first-order valence-corrected chi connectivity index (χ1v) is 14.2. The van der Waals surface area contributed by atoms with E-state index in [0.29, 0.717) is 29.2 Å². The summed E-state index contributed by atoms with van der Waals surface area (Å²) in [5.74, 6) is 2.49. The lowest BCUT2D eigenvalue weighted by atomic mass is 9.80. The van der Waals surface area contributed by atoms with Gasteiger partial charge in [0.15, 0.2) is 17.3 Å². The number of anilines is 1. The molecule has 8 nitrogen and oxygen atoms in total.